The summed E-state index contributed by atoms with van der Waals surface area (Å²) in [6.45, 7) is 3.69. The Kier molecular flexibility index (Phi) is 9.32. The SMILES string of the molecule is C=CCCCCCCCCC(Br)(Br)C(=O)O. The maximum Gasteiger partial charge on any atom is 0.331 e. The van der Waals surface area contributed by atoms with Crippen LogP contribution in [0.15, 0.2) is 12.7 Å². The van der Waals surface area contributed by atoms with Crippen LogP contribution in [0.3, 0.4) is 0 Å². The van der Waals surface area contributed by atoms with Gasteiger partial charge in [0.15, 0.2) is 3.23 Å². The Labute approximate surface area is 115 Å². The summed E-state index contributed by atoms with van der Waals surface area (Å²) in [7, 11) is 0. The van der Waals surface area contributed by atoms with Crippen LogP contribution in [0.25, 0.3) is 0 Å². The Morgan fingerprint density at radius 3 is 2.12 bits per heavy atom. The number of rotatable bonds is 10. The lowest BCUT2D eigenvalue weighted by atomic mass is 10.1. The first-order chi connectivity index (χ1) is 7.50. The summed E-state index contributed by atoms with van der Waals surface area (Å²) >= 11 is 6.31. The number of allylic oxidation sites excluding steroid dienone is 1. The van der Waals surface area contributed by atoms with Crippen molar-refractivity contribution in [3.63, 3.8) is 0 Å². The molecule has 0 atom stereocenters. The second-order valence-electron chi connectivity index (χ2n) is 3.96. The van der Waals surface area contributed by atoms with Gasteiger partial charge in [-0.05, 0) is 19.3 Å². The Morgan fingerprint density at radius 2 is 1.62 bits per heavy atom. The largest absolute Gasteiger partial charge is 0.480 e. The van der Waals surface area contributed by atoms with Crippen LogP contribution in [0.4, 0.5) is 0 Å². The fourth-order valence-corrected chi connectivity index (χ4v) is 2.01. The molecule has 0 unspecified atom stereocenters. The van der Waals surface area contributed by atoms with E-state index < -0.39 is 9.20 Å². The number of unbranched alkanes of at least 4 members (excludes halogenated alkanes) is 6. The number of carbonyl (C=O) groups is 1. The average Bonchev–Trinajstić information content (AvgIpc) is 2.21. The minimum atomic E-state index is -0.928. The van der Waals surface area contributed by atoms with Crippen molar-refractivity contribution < 1.29 is 9.90 Å². The zero-order valence-corrected chi connectivity index (χ0v) is 12.7. The molecule has 1 N–H and O–H groups in total. The van der Waals surface area contributed by atoms with Gasteiger partial charge in [0.25, 0.3) is 0 Å². The van der Waals surface area contributed by atoms with Gasteiger partial charge in [0.1, 0.15) is 0 Å². The van der Waals surface area contributed by atoms with E-state index in [1.165, 1.54) is 25.7 Å². The van der Waals surface area contributed by atoms with Crippen molar-refractivity contribution in [1.82, 2.24) is 0 Å². The van der Waals surface area contributed by atoms with Crippen LogP contribution in [0.5, 0.6) is 0 Å². The molecular weight excluding hydrogens is 336 g/mol. The van der Waals surface area contributed by atoms with E-state index in [-0.39, 0.29) is 0 Å². The van der Waals surface area contributed by atoms with E-state index in [1.807, 2.05) is 6.08 Å². The Morgan fingerprint density at radius 1 is 1.12 bits per heavy atom. The molecule has 0 radical (unpaired) electrons. The van der Waals surface area contributed by atoms with Crippen LogP contribution in [0.2, 0.25) is 0 Å². The maximum absolute atomic E-state index is 10.8. The summed E-state index contributed by atoms with van der Waals surface area (Å²) in [6, 6.07) is 0. The van der Waals surface area contributed by atoms with Crippen LogP contribution < -0.4 is 0 Å². The topological polar surface area (TPSA) is 37.3 Å². The minimum absolute atomic E-state index is 0.620. The monoisotopic (exact) mass is 354 g/mol. The molecule has 0 saturated carbocycles. The molecule has 0 fully saturated rings. The fourth-order valence-electron chi connectivity index (χ4n) is 1.45. The number of halogens is 2. The summed E-state index contributed by atoms with van der Waals surface area (Å²) in [5.41, 5.74) is 0. The van der Waals surface area contributed by atoms with Gasteiger partial charge in [-0.2, -0.15) is 0 Å². The van der Waals surface area contributed by atoms with Crippen LogP contribution in [-0.2, 0) is 4.79 Å². The average molecular weight is 356 g/mol. The molecule has 0 amide bonds. The van der Waals surface area contributed by atoms with Gasteiger partial charge in [-0.3, -0.25) is 0 Å². The first-order valence-corrected chi connectivity index (χ1v) is 7.31. The third-order valence-corrected chi connectivity index (χ3v) is 3.93. The molecule has 2 nitrogen and oxygen atoms in total. The van der Waals surface area contributed by atoms with Crippen LogP contribution in [0.1, 0.15) is 51.4 Å². The van der Waals surface area contributed by atoms with E-state index >= 15 is 0 Å². The van der Waals surface area contributed by atoms with Gasteiger partial charge in [-0.15, -0.1) is 6.58 Å². The van der Waals surface area contributed by atoms with Gasteiger partial charge in [-0.1, -0.05) is 70.0 Å². The summed E-state index contributed by atoms with van der Waals surface area (Å²) in [5.74, 6) is -0.849. The number of aliphatic carboxylic acids is 1. The molecule has 0 aromatic heterocycles. The lowest BCUT2D eigenvalue weighted by Gasteiger charge is -2.14. The molecule has 0 aliphatic carbocycles. The highest BCUT2D eigenvalue weighted by atomic mass is 79.9. The molecule has 0 bridgehead atoms. The van der Waals surface area contributed by atoms with Gasteiger partial charge >= 0.3 is 5.97 Å². The van der Waals surface area contributed by atoms with Gasteiger partial charge in [0.2, 0.25) is 0 Å². The molecule has 16 heavy (non-hydrogen) atoms. The summed E-state index contributed by atoms with van der Waals surface area (Å²) < 4.78 is -0.928. The van der Waals surface area contributed by atoms with E-state index in [2.05, 4.69) is 38.4 Å². The molecule has 0 aliphatic heterocycles. The molecule has 0 aliphatic rings. The Bertz CT molecular complexity index is 215. The first kappa shape index (κ1) is 16.2. The Hall–Kier alpha value is 0.170. The number of hydrogen-bond acceptors (Lipinski definition) is 1. The highest BCUT2D eigenvalue weighted by molar-refractivity contribution is 9.25. The van der Waals surface area contributed by atoms with E-state index in [4.69, 9.17) is 5.11 Å². The molecule has 4 heteroatoms. The normalized spacial score (nSPS) is 11.4. The van der Waals surface area contributed by atoms with Crippen molar-refractivity contribution in [3.05, 3.63) is 12.7 Å². The molecule has 0 spiro atoms. The van der Waals surface area contributed by atoms with Crippen molar-refractivity contribution in [2.24, 2.45) is 0 Å². The fraction of sp³-hybridized carbons (Fsp3) is 0.750. The zero-order valence-electron chi connectivity index (χ0n) is 9.55. The smallest absolute Gasteiger partial charge is 0.331 e. The van der Waals surface area contributed by atoms with E-state index in [0.29, 0.717) is 6.42 Å². The van der Waals surface area contributed by atoms with Gasteiger partial charge in [0, 0.05) is 0 Å². The second kappa shape index (κ2) is 9.23. The number of alkyl halides is 2. The number of hydrogen-bond donors (Lipinski definition) is 1. The zero-order chi connectivity index (χ0) is 12.4. The highest BCUT2D eigenvalue weighted by Crippen LogP contribution is 2.32. The maximum atomic E-state index is 10.8. The standard InChI is InChI=1S/C12H20Br2O2/c1-2-3-4-5-6-7-8-9-10-12(13,14)11(15)16/h2H,1,3-10H2,(H,15,16). The predicted molar refractivity (Wildman–Crippen MR) is 75.4 cm³/mol. The molecule has 94 valence electrons. The van der Waals surface area contributed by atoms with Crippen molar-refractivity contribution in [2.45, 2.75) is 54.6 Å². The summed E-state index contributed by atoms with van der Waals surface area (Å²) in [6.07, 6.45) is 10.6. The van der Waals surface area contributed by atoms with E-state index in [0.717, 1.165) is 19.3 Å². The third-order valence-electron chi connectivity index (χ3n) is 2.46. The quantitative estimate of drug-likeness (QED) is 0.345. The van der Waals surface area contributed by atoms with Crippen molar-refractivity contribution in [2.75, 3.05) is 0 Å². The minimum Gasteiger partial charge on any atom is -0.480 e. The summed E-state index contributed by atoms with van der Waals surface area (Å²) in [5, 5.41) is 8.84. The number of carboxylic acids is 1. The molecule has 0 heterocycles. The van der Waals surface area contributed by atoms with Crippen molar-refractivity contribution in [1.29, 1.82) is 0 Å². The van der Waals surface area contributed by atoms with Crippen LogP contribution >= 0.6 is 31.9 Å². The lowest BCUT2D eigenvalue weighted by Crippen LogP contribution is -2.23. The lowest BCUT2D eigenvalue weighted by molar-refractivity contribution is -0.137. The number of carboxylic acid groups (broad SMARTS) is 1. The highest BCUT2D eigenvalue weighted by Gasteiger charge is 2.30. The van der Waals surface area contributed by atoms with Crippen molar-refractivity contribution >= 4 is 37.8 Å². The third kappa shape index (κ3) is 8.34. The Balaban J connectivity index is 3.33. The predicted octanol–water partition coefficient (Wildman–Crippen LogP) is 4.86. The molecule has 0 saturated heterocycles. The van der Waals surface area contributed by atoms with Gasteiger partial charge < -0.3 is 5.11 Å². The molecule has 0 aromatic rings. The second-order valence-corrected chi connectivity index (χ2v) is 7.73. The van der Waals surface area contributed by atoms with Crippen LogP contribution in [-0.4, -0.2) is 14.3 Å². The first-order valence-electron chi connectivity index (χ1n) is 5.73. The van der Waals surface area contributed by atoms with E-state index in [9.17, 15) is 4.79 Å². The van der Waals surface area contributed by atoms with Gasteiger partial charge in [-0.25, -0.2) is 4.79 Å². The molecule has 0 rings (SSSR count). The van der Waals surface area contributed by atoms with Crippen LogP contribution in [0, 0.1) is 0 Å². The van der Waals surface area contributed by atoms with E-state index in [1.54, 1.807) is 0 Å². The molecule has 0 aromatic carbocycles. The van der Waals surface area contributed by atoms with Crippen molar-refractivity contribution in [3.8, 4) is 0 Å². The van der Waals surface area contributed by atoms with Gasteiger partial charge in [0.05, 0.1) is 0 Å². The summed E-state index contributed by atoms with van der Waals surface area (Å²) in [4.78, 5) is 10.8. The molecular formula is C12H20Br2O2.